The molecule has 0 aliphatic carbocycles. The fraction of sp³-hybridized carbons (Fsp3) is 0.471. The zero-order valence-electron chi connectivity index (χ0n) is 14.1. The number of hydrogen-bond acceptors (Lipinski definition) is 5. The number of hydrogen-bond donors (Lipinski definition) is 0. The van der Waals surface area contributed by atoms with E-state index in [0.29, 0.717) is 18.7 Å². The molecule has 0 unspecified atom stereocenters. The van der Waals surface area contributed by atoms with Crippen LogP contribution in [0.3, 0.4) is 0 Å². The molecule has 0 N–H and O–H groups in total. The molecule has 0 spiro atoms. The van der Waals surface area contributed by atoms with E-state index in [9.17, 15) is 18.0 Å². The second-order valence-electron chi connectivity index (χ2n) is 6.49. The molecule has 3 rings (SSSR count). The Balaban J connectivity index is 1.73. The Hall–Kier alpha value is -2.22. The van der Waals surface area contributed by atoms with E-state index >= 15 is 0 Å². The molecule has 2 aliphatic heterocycles. The number of hydrazone groups is 1. The van der Waals surface area contributed by atoms with E-state index in [1.165, 1.54) is 5.01 Å². The van der Waals surface area contributed by atoms with Crippen molar-refractivity contribution >= 4 is 27.4 Å². The van der Waals surface area contributed by atoms with Crippen LogP contribution in [-0.4, -0.2) is 60.4 Å². The first-order valence-electron chi connectivity index (χ1n) is 8.25. The van der Waals surface area contributed by atoms with Gasteiger partial charge in [-0.25, -0.2) is 13.4 Å². The lowest BCUT2D eigenvalue weighted by Gasteiger charge is -2.29. The van der Waals surface area contributed by atoms with Gasteiger partial charge in [0, 0.05) is 26.4 Å². The highest BCUT2D eigenvalue weighted by molar-refractivity contribution is 7.91. The quantitative estimate of drug-likeness (QED) is 0.792. The van der Waals surface area contributed by atoms with E-state index in [1.54, 1.807) is 11.9 Å². The second kappa shape index (κ2) is 6.95. The predicted octanol–water partition coefficient (Wildman–Crippen LogP) is 0.810. The molecule has 1 aromatic carbocycles. The number of nitrogens with zero attached hydrogens (tertiary/aromatic N) is 3. The smallest absolute Gasteiger partial charge is 0.270 e. The van der Waals surface area contributed by atoms with Crippen LogP contribution in [0.5, 0.6) is 0 Å². The molecule has 134 valence electrons. The highest BCUT2D eigenvalue weighted by Gasteiger charge is 2.37. The van der Waals surface area contributed by atoms with Crippen molar-refractivity contribution < 1.29 is 18.0 Å². The summed E-state index contributed by atoms with van der Waals surface area (Å²) < 4.78 is 23.3. The van der Waals surface area contributed by atoms with Crippen LogP contribution in [0.15, 0.2) is 35.4 Å². The summed E-state index contributed by atoms with van der Waals surface area (Å²) in [6.45, 7) is 0.449. The average Bonchev–Trinajstić information content (AvgIpc) is 2.95. The molecule has 2 aliphatic rings. The van der Waals surface area contributed by atoms with E-state index in [4.69, 9.17) is 0 Å². The van der Waals surface area contributed by atoms with Crippen LogP contribution in [0.4, 0.5) is 0 Å². The molecule has 25 heavy (non-hydrogen) atoms. The van der Waals surface area contributed by atoms with Crippen molar-refractivity contribution in [3.8, 4) is 0 Å². The van der Waals surface area contributed by atoms with Gasteiger partial charge in [-0.15, -0.1) is 0 Å². The fourth-order valence-corrected chi connectivity index (χ4v) is 4.82. The molecule has 1 saturated heterocycles. The first kappa shape index (κ1) is 17.6. The zero-order valence-corrected chi connectivity index (χ0v) is 14.9. The highest BCUT2D eigenvalue weighted by atomic mass is 32.2. The van der Waals surface area contributed by atoms with Gasteiger partial charge in [-0.2, -0.15) is 5.10 Å². The third-order valence-electron chi connectivity index (χ3n) is 4.47. The van der Waals surface area contributed by atoms with E-state index < -0.39 is 15.9 Å². The minimum atomic E-state index is -3.12. The topological polar surface area (TPSA) is 87.1 Å². The minimum Gasteiger partial charge on any atom is -0.336 e. The molecule has 8 heteroatoms. The molecule has 2 heterocycles. The summed E-state index contributed by atoms with van der Waals surface area (Å²) in [5.41, 5.74) is 1.31. The van der Waals surface area contributed by atoms with Gasteiger partial charge in [0.1, 0.15) is 5.71 Å². The summed E-state index contributed by atoms with van der Waals surface area (Å²) in [7, 11) is -1.43. The number of carbonyl (C=O) groups is 2. The van der Waals surface area contributed by atoms with E-state index in [-0.39, 0.29) is 36.2 Å². The first-order valence-corrected chi connectivity index (χ1v) is 10.1. The Labute approximate surface area is 147 Å². The second-order valence-corrected chi connectivity index (χ2v) is 8.72. The van der Waals surface area contributed by atoms with Gasteiger partial charge >= 0.3 is 0 Å². The van der Waals surface area contributed by atoms with Crippen LogP contribution in [-0.2, 0) is 26.0 Å². The minimum absolute atomic E-state index is 0.0636. The van der Waals surface area contributed by atoms with Crippen LogP contribution in [0.25, 0.3) is 0 Å². The molecule has 0 aromatic heterocycles. The predicted molar refractivity (Wildman–Crippen MR) is 93.5 cm³/mol. The van der Waals surface area contributed by atoms with Crippen LogP contribution in [0.1, 0.15) is 24.8 Å². The van der Waals surface area contributed by atoms with Gasteiger partial charge in [0.2, 0.25) is 5.91 Å². The SMILES string of the molecule is CN(Cc1ccccc1)C(=O)C1=NN([C@H]2CCS(=O)(=O)C2)C(=O)CC1. The summed E-state index contributed by atoms with van der Waals surface area (Å²) >= 11 is 0. The Morgan fingerprint density at radius 2 is 2.00 bits per heavy atom. The van der Waals surface area contributed by atoms with E-state index in [1.807, 2.05) is 30.3 Å². The molecular formula is C17H21N3O4S. The van der Waals surface area contributed by atoms with Crippen molar-refractivity contribution in [1.29, 1.82) is 0 Å². The van der Waals surface area contributed by atoms with Crippen LogP contribution >= 0.6 is 0 Å². The third-order valence-corrected chi connectivity index (χ3v) is 6.22. The molecule has 0 saturated carbocycles. The largest absolute Gasteiger partial charge is 0.336 e. The Bertz CT molecular complexity index is 804. The Morgan fingerprint density at radius 3 is 2.64 bits per heavy atom. The molecule has 1 aromatic rings. The summed E-state index contributed by atoms with van der Waals surface area (Å²) in [6, 6.07) is 9.15. The maximum atomic E-state index is 12.6. The molecule has 0 bridgehead atoms. The monoisotopic (exact) mass is 363 g/mol. The van der Waals surface area contributed by atoms with Gasteiger partial charge in [-0.05, 0) is 12.0 Å². The normalized spacial score (nSPS) is 22.6. The van der Waals surface area contributed by atoms with Crippen molar-refractivity contribution in [3.63, 3.8) is 0 Å². The molecule has 1 atom stereocenters. The van der Waals surface area contributed by atoms with Crippen LogP contribution < -0.4 is 0 Å². The van der Waals surface area contributed by atoms with E-state index in [0.717, 1.165) is 5.56 Å². The zero-order chi connectivity index (χ0) is 18.0. The van der Waals surface area contributed by atoms with Crippen molar-refractivity contribution in [3.05, 3.63) is 35.9 Å². The van der Waals surface area contributed by atoms with Gasteiger partial charge in [0.15, 0.2) is 9.84 Å². The Morgan fingerprint density at radius 1 is 1.28 bits per heavy atom. The summed E-state index contributed by atoms with van der Waals surface area (Å²) in [4.78, 5) is 26.3. The maximum absolute atomic E-state index is 12.6. The van der Waals surface area contributed by atoms with Gasteiger partial charge in [0.25, 0.3) is 5.91 Å². The van der Waals surface area contributed by atoms with Crippen LogP contribution in [0.2, 0.25) is 0 Å². The van der Waals surface area contributed by atoms with Gasteiger partial charge in [-0.1, -0.05) is 30.3 Å². The molecule has 0 radical (unpaired) electrons. The number of benzene rings is 1. The van der Waals surface area contributed by atoms with Crippen molar-refractivity contribution in [1.82, 2.24) is 9.91 Å². The van der Waals surface area contributed by atoms with Crippen molar-refractivity contribution in [2.75, 3.05) is 18.6 Å². The molecule has 1 fully saturated rings. The fourth-order valence-electron chi connectivity index (χ4n) is 3.13. The maximum Gasteiger partial charge on any atom is 0.270 e. The standard InChI is InChI=1S/C17H21N3O4S/c1-19(11-13-5-3-2-4-6-13)17(22)15-7-8-16(21)20(18-15)14-9-10-25(23,24)12-14/h2-6,14H,7-12H2,1H3/t14-/m0/s1. The summed E-state index contributed by atoms with van der Waals surface area (Å²) in [5, 5.41) is 5.44. The first-order chi connectivity index (χ1) is 11.9. The number of rotatable bonds is 4. The summed E-state index contributed by atoms with van der Waals surface area (Å²) in [5.74, 6) is -0.468. The lowest BCUT2D eigenvalue weighted by Crippen LogP contribution is -2.44. The molecule has 7 nitrogen and oxygen atoms in total. The van der Waals surface area contributed by atoms with Gasteiger partial charge < -0.3 is 4.90 Å². The van der Waals surface area contributed by atoms with Gasteiger partial charge in [-0.3, -0.25) is 9.59 Å². The number of carbonyl (C=O) groups excluding carboxylic acids is 2. The molecule has 2 amide bonds. The number of sulfone groups is 1. The van der Waals surface area contributed by atoms with Crippen LogP contribution in [0, 0.1) is 0 Å². The van der Waals surface area contributed by atoms with Crippen molar-refractivity contribution in [2.24, 2.45) is 5.10 Å². The van der Waals surface area contributed by atoms with Crippen molar-refractivity contribution in [2.45, 2.75) is 31.8 Å². The third kappa shape index (κ3) is 4.07. The van der Waals surface area contributed by atoms with E-state index in [2.05, 4.69) is 5.10 Å². The van der Waals surface area contributed by atoms with Gasteiger partial charge in [0.05, 0.1) is 17.5 Å². The number of amides is 2. The highest BCUT2D eigenvalue weighted by Crippen LogP contribution is 2.22. The lowest BCUT2D eigenvalue weighted by molar-refractivity contribution is -0.134. The average molecular weight is 363 g/mol. The summed E-state index contributed by atoms with van der Waals surface area (Å²) in [6.07, 6.45) is 0.839. The molecular weight excluding hydrogens is 342 g/mol. The lowest BCUT2D eigenvalue weighted by atomic mass is 10.1. The Kier molecular flexibility index (Phi) is 4.89.